The molecule has 0 spiro atoms. The van der Waals surface area contributed by atoms with Crippen molar-refractivity contribution in [1.82, 2.24) is 19.9 Å². The molecule has 88 valence electrons. The van der Waals surface area contributed by atoms with E-state index in [4.69, 9.17) is 0 Å². The Morgan fingerprint density at radius 2 is 2.06 bits per heavy atom. The van der Waals surface area contributed by atoms with Crippen LogP contribution in [0.25, 0.3) is 0 Å². The van der Waals surface area contributed by atoms with Crippen molar-refractivity contribution >= 4 is 17.6 Å². The van der Waals surface area contributed by atoms with E-state index in [1.165, 1.54) is 0 Å². The highest BCUT2D eigenvalue weighted by molar-refractivity contribution is 5.48. The van der Waals surface area contributed by atoms with Gasteiger partial charge in [0, 0.05) is 25.1 Å². The summed E-state index contributed by atoms with van der Waals surface area (Å²) < 4.78 is 0. The van der Waals surface area contributed by atoms with Gasteiger partial charge in [-0.15, -0.1) is 0 Å². The predicted octanol–water partition coefficient (Wildman–Crippen LogP) is 1.83. The van der Waals surface area contributed by atoms with Crippen LogP contribution in [0.2, 0.25) is 0 Å². The third-order valence-electron chi connectivity index (χ3n) is 2.01. The largest absolute Gasteiger partial charge is 0.370 e. The average molecular weight is 230 g/mol. The van der Waals surface area contributed by atoms with Crippen molar-refractivity contribution < 1.29 is 0 Å². The van der Waals surface area contributed by atoms with Crippen LogP contribution in [-0.2, 0) is 0 Å². The van der Waals surface area contributed by atoms with Gasteiger partial charge >= 0.3 is 0 Å². The maximum absolute atomic E-state index is 4.30. The number of hydrogen-bond acceptors (Lipinski definition) is 6. The van der Waals surface area contributed by atoms with Crippen LogP contribution in [0.4, 0.5) is 17.6 Å². The molecule has 0 saturated carbocycles. The summed E-state index contributed by atoms with van der Waals surface area (Å²) in [6.07, 6.45) is 7.60. The first kappa shape index (κ1) is 11.3. The summed E-state index contributed by atoms with van der Waals surface area (Å²) in [5.74, 6) is 1.93. The minimum atomic E-state index is 0.506. The summed E-state index contributed by atoms with van der Waals surface area (Å²) in [5.41, 5.74) is 0. The molecule has 0 bridgehead atoms. The minimum Gasteiger partial charge on any atom is -0.370 e. The molecule has 2 rings (SSSR count). The van der Waals surface area contributed by atoms with E-state index in [2.05, 4.69) is 37.5 Å². The summed E-state index contributed by atoms with van der Waals surface area (Å²) >= 11 is 0. The molecule has 2 heterocycles. The Morgan fingerprint density at radius 1 is 1.12 bits per heavy atom. The molecule has 0 saturated heterocycles. The Morgan fingerprint density at radius 3 is 2.82 bits per heavy atom. The van der Waals surface area contributed by atoms with Crippen molar-refractivity contribution in [2.45, 2.75) is 13.3 Å². The average Bonchev–Trinajstić information content (AvgIpc) is 2.38. The maximum atomic E-state index is 4.30. The molecule has 6 nitrogen and oxygen atoms in total. The van der Waals surface area contributed by atoms with Gasteiger partial charge in [0.2, 0.25) is 5.95 Å². The topological polar surface area (TPSA) is 75.6 Å². The van der Waals surface area contributed by atoms with Crippen LogP contribution < -0.4 is 10.6 Å². The molecule has 0 unspecified atom stereocenters. The molecule has 0 amide bonds. The van der Waals surface area contributed by atoms with E-state index < -0.39 is 0 Å². The zero-order valence-electron chi connectivity index (χ0n) is 9.59. The van der Waals surface area contributed by atoms with Gasteiger partial charge in [0.05, 0.1) is 6.20 Å². The molecule has 0 aromatic carbocycles. The molecule has 2 aromatic rings. The van der Waals surface area contributed by atoms with Crippen molar-refractivity contribution in [1.29, 1.82) is 0 Å². The molecule has 0 atom stereocenters. The van der Waals surface area contributed by atoms with Gasteiger partial charge in [0.1, 0.15) is 5.82 Å². The van der Waals surface area contributed by atoms with Crippen LogP contribution in [0.15, 0.2) is 30.9 Å². The summed E-state index contributed by atoms with van der Waals surface area (Å²) in [4.78, 5) is 16.5. The lowest BCUT2D eigenvalue weighted by Gasteiger charge is -2.06. The standard InChI is InChI=1S/C11H14N6/c1-2-4-13-9-3-5-15-11(16-9)17-10-8-12-6-7-14-10/h3,5-8H,2,4H2,1H3,(H2,13,14,15,16,17). The van der Waals surface area contributed by atoms with Crippen LogP contribution in [0.5, 0.6) is 0 Å². The fraction of sp³-hybridized carbons (Fsp3) is 0.273. The van der Waals surface area contributed by atoms with Crippen molar-refractivity contribution in [2.24, 2.45) is 0 Å². The SMILES string of the molecule is CCCNc1ccnc(Nc2cnccn2)n1. The first-order chi connectivity index (χ1) is 8.38. The zero-order valence-corrected chi connectivity index (χ0v) is 9.59. The quantitative estimate of drug-likeness (QED) is 0.816. The number of rotatable bonds is 5. The van der Waals surface area contributed by atoms with E-state index in [1.807, 2.05) is 6.07 Å². The Bertz CT molecular complexity index is 459. The van der Waals surface area contributed by atoms with Gasteiger partial charge in [-0.2, -0.15) is 4.98 Å². The Hall–Kier alpha value is -2.24. The van der Waals surface area contributed by atoms with Gasteiger partial charge in [-0.1, -0.05) is 6.92 Å². The first-order valence-corrected chi connectivity index (χ1v) is 5.48. The molecular weight excluding hydrogens is 216 g/mol. The first-order valence-electron chi connectivity index (χ1n) is 5.48. The van der Waals surface area contributed by atoms with Crippen molar-refractivity contribution in [3.05, 3.63) is 30.9 Å². The molecule has 0 radical (unpaired) electrons. The van der Waals surface area contributed by atoms with E-state index >= 15 is 0 Å². The van der Waals surface area contributed by atoms with Gasteiger partial charge in [-0.25, -0.2) is 9.97 Å². The Kier molecular flexibility index (Phi) is 3.80. The number of nitrogens with one attached hydrogen (secondary N) is 2. The molecule has 2 N–H and O–H groups in total. The summed E-state index contributed by atoms with van der Waals surface area (Å²) in [7, 11) is 0. The van der Waals surface area contributed by atoms with E-state index in [1.54, 1.807) is 24.8 Å². The Labute approximate surface area is 99.6 Å². The number of aromatic nitrogens is 4. The molecule has 6 heteroatoms. The van der Waals surface area contributed by atoms with Crippen LogP contribution in [0.1, 0.15) is 13.3 Å². The smallest absolute Gasteiger partial charge is 0.230 e. The van der Waals surface area contributed by atoms with E-state index in [0.717, 1.165) is 18.8 Å². The zero-order chi connectivity index (χ0) is 11.9. The lowest BCUT2D eigenvalue weighted by Crippen LogP contribution is -2.05. The van der Waals surface area contributed by atoms with E-state index in [9.17, 15) is 0 Å². The number of anilines is 3. The lowest BCUT2D eigenvalue weighted by molar-refractivity contribution is 0.965. The number of nitrogens with zero attached hydrogens (tertiary/aromatic N) is 4. The van der Waals surface area contributed by atoms with Crippen LogP contribution in [-0.4, -0.2) is 26.5 Å². The van der Waals surface area contributed by atoms with E-state index in [-0.39, 0.29) is 0 Å². The second-order valence-electron chi connectivity index (χ2n) is 3.41. The Balaban J connectivity index is 2.06. The van der Waals surface area contributed by atoms with E-state index in [0.29, 0.717) is 11.8 Å². The van der Waals surface area contributed by atoms with Gasteiger partial charge in [-0.3, -0.25) is 4.98 Å². The van der Waals surface area contributed by atoms with Gasteiger partial charge < -0.3 is 10.6 Å². The highest BCUT2D eigenvalue weighted by Crippen LogP contribution is 2.10. The molecular formula is C11H14N6. The van der Waals surface area contributed by atoms with Gasteiger partial charge in [-0.05, 0) is 12.5 Å². The summed E-state index contributed by atoms with van der Waals surface area (Å²) in [5, 5.41) is 6.18. The van der Waals surface area contributed by atoms with Crippen molar-refractivity contribution in [3.63, 3.8) is 0 Å². The molecule has 0 aliphatic rings. The fourth-order valence-electron chi connectivity index (χ4n) is 1.25. The monoisotopic (exact) mass is 230 g/mol. The van der Waals surface area contributed by atoms with Crippen molar-refractivity contribution in [3.8, 4) is 0 Å². The normalized spacial score (nSPS) is 9.94. The van der Waals surface area contributed by atoms with Crippen molar-refractivity contribution in [2.75, 3.05) is 17.2 Å². The summed E-state index contributed by atoms with van der Waals surface area (Å²) in [6, 6.07) is 1.83. The highest BCUT2D eigenvalue weighted by Gasteiger charge is 1.99. The van der Waals surface area contributed by atoms with Crippen LogP contribution >= 0.6 is 0 Å². The molecule has 0 fully saturated rings. The fourth-order valence-corrected chi connectivity index (χ4v) is 1.25. The molecule has 2 aromatic heterocycles. The van der Waals surface area contributed by atoms with Gasteiger partial charge in [0.15, 0.2) is 5.82 Å². The third-order valence-corrected chi connectivity index (χ3v) is 2.01. The second-order valence-corrected chi connectivity index (χ2v) is 3.41. The minimum absolute atomic E-state index is 0.506. The molecule has 17 heavy (non-hydrogen) atoms. The molecule has 0 aliphatic heterocycles. The second kappa shape index (κ2) is 5.74. The maximum Gasteiger partial charge on any atom is 0.230 e. The lowest BCUT2D eigenvalue weighted by atomic mass is 10.4. The number of hydrogen-bond donors (Lipinski definition) is 2. The highest BCUT2D eigenvalue weighted by atomic mass is 15.2. The molecule has 0 aliphatic carbocycles. The summed E-state index contributed by atoms with van der Waals surface area (Å²) in [6.45, 7) is 2.99. The van der Waals surface area contributed by atoms with Crippen LogP contribution in [0.3, 0.4) is 0 Å². The van der Waals surface area contributed by atoms with Gasteiger partial charge in [0.25, 0.3) is 0 Å². The predicted molar refractivity (Wildman–Crippen MR) is 66.1 cm³/mol. The van der Waals surface area contributed by atoms with Crippen LogP contribution in [0, 0.1) is 0 Å². The third kappa shape index (κ3) is 3.37.